The molecular formula is C18H15ClN2O2. The molecular weight excluding hydrogens is 312 g/mol. The molecule has 0 spiro atoms. The van der Waals surface area contributed by atoms with E-state index in [0.29, 0.717) is 22.0 Å². The lowest BCUT2D eigenvalue weighted by Crippen LogP contribution is -2.13. The van der Waals surface area contributed by atoms with E-state index >= 15 is 0 Å². The number of carbonyl (C=O) groups is 1. The number of halogens is 1. The van der Waals surface area contributed by atoms with Crippen molar-refractivity contribution in [3.8, 4) is 11.8 Å². The number of rotatable bonds is 4. The molecule has 0 saturated carbocycles. The molecule has 0 unspecified atom stereocenters. The Morgan fingerprint density at radius 1 is 1.30 bits per heavy atom. The number of nitriles is 1. The van der Waals surface area contributed by atoms with Gasteiger partial charge >= 0.3 is 0 Å². The molecule has 2 rings (SSSR count). The zero-order valence-electron chi connectivity index (χ0n) is 12.8. The molecule has 23 heavy (non-hydrogen) atoms. The van der Waals surface area contributed by atoms with Crippen molar-refractivity contribution in [2.24, 2.45) is 0 Å². The lowest BCUT2D eigenvalue weighted by molar-refractivity contribution is -0.112. The number of benzene rings is 2. The van der Waals surface area contributed by atoms with Gasteiger partial charge in [0.1, 0.15) is 17.4 Å². The number of amides is 1. The van der Waals surface area contributed by atoms with Crippen LogP contribution < -0.4 is 10.1 Å². The summed E-state index contributed by atoms with van der Waals surface area (Å²) < 4.78 is 5.12. The molecule has 2 aromatic carbocycles. The van der Waals surface area contributed by atoms with Gasteiger partial charge in [-0.2, -0.15) is 5.26 Å². The lowest BCUT2D eigenvalue weighted by atomic mass is 10.1. The number of nitrogens with one attached hydrogen (secondary N) is 1. The second-order valence-electron chi connectivity index (χ2n) is 4.92. The topological polar surface area (TPSA) is 62.1 Å². The largest absolute Gasteiger partial charge is 0.497 e. The van der Waals surface area contributed by atoms with Gasteiger partial charge in [-0.25, -0.2) is 0 Å². The maximum Gasteiger partial charge on any atom is 0.266 e. The standard InChI is InChI=1S/C18H15ClN2O2/c1-12-4-3-5-16(6-12)21-18(22)14(11-20)7-13-8-15(19)10-17(9-13)23-2/h3-10H,1-2H3,(H,21,22)/b14-7+. The van der Waals surface area contributed by atoms with Crippen LogP contribution in [0.15, 0.2) is 48.0 Å². The minimum Gasteiger partial charge on any atom is -0.497 e. The van der Waals surface area contributed by atoms with Gasteiger partial charge in [-0.15, -0.1) is 0 Å². The highest BCUT2D eigenvalue weighted by Crippen LogP contribution is 2.22. The molecule has 0 aliphatic rings. The number of methoxy groups -OCH3 is 1. The SMILES string of the molecule is COc1cc(Cl)cc(/C=C(\C#N)C(=O)Nc2cccc(C)c2)c1. The Morgan fingerprint density at radius 3 is 2.74 bits per heavy atom. The molecule has 0 heterocycles. The second kappa shape index (κ2) is 7.48. The number of hydrogen-bond donors (Lipinski definition) is 1. The van der Waals surface area contributed by atoms with Gasteiger partial charge in [0, 0.05) is 10.7 Å². The van der Waals surface area contributed by atoms with Crippen molar-refractivity contribution in [3.05, 3.63) is 64.2 Å². The predicted molar refractivity (Wildman–Crippen MR) is 91.4 cm³/mol. The average Bonchev–Trinajstić information content (AvgIpc) is 2.51. The molecule has 0 aromatic heterocycles. The number of anilines is 1. The zero-order chi connectivity index (χ0) is 16.8. The van der Waals surface area contributed by atoms with Gasteiger partial charge in [-0.05, 0) is 54.5 Å². The van der Waals surface area contributed by atoms with E-state index in [1.165, 1.54) is 13.2 Å². The van der Waals surface area contributed by atoms with E-state index < -0.39 is 5.91 Å². The van der Waals surface area contributed by atoms with Crippen LogP contribution in [0, 0.1) is 18.3 Å². The molecule has 4 nitrogen and oxygen atoms in total. The van der Waals surface area contributed by atoms with Crippen LogP contribution in [0.2, 0.25) is 5.02 Å². The van der Waals surface area contributed by atoms with Crippen LogP contribution in [0.3, 0.4) is 0 Å². The first-order chi connectivity index (χ1) is 11.0. The molecule has 1 amide bonds. The molecule has 0 aliphatic heterocycles. The second-order valence-corrected chi connectivity index (χ2v) is 5.35. The van der Waals surface area contributed by atoms with Crippen LogP contribution in [0.5, 0.6) is 5.75 Å². The summed E-state index contributed by atoms with van der Waals surface area (Å²) in [6.45, 7) is 1.93. The van der Waals surface area contributed by atoms with Crippen LogP contribution in [-0.4, -0.2) is 13.0 Å². The Labute approximate surface area is 140 Å². The first-order valence-corrected chi connectivity index (χ1v) is 7.24. The fourth-order valence-electron chi connectivity index (χ4n) is 2.02. The quantitative estimate of drug-likeness (QED) is 0.676. The molecule has 5 heteroatoms. The Bertz CT molecular complexity index is 807. The summed E-state index contributed by atoms with van der Waals surface area (Å²) >= 11 is 5.99. The van der Waals surface area contributed by atoms with E-state index in [-0.39, 0.29) is 5.57 Å². The van der Waals surface area contributed by atoms with Crippen molar-refractivity contribution in [1.29, 1.82) is 5.26 Å². The van der Waals surface area contributed by atoms with Gasteiger partial charge in [0.05, 0.1) is 7.11 Å². The molecule has 0 atom stereocenters. The number of hydrogen-bond acceptors (Lipinski definition) is 3. The third-order valence-electron chi connectivity index (χ3n) is 3.08. The van der Waals surface area contributed by atoms with Crippen molar-refractivity contribution < 1.29 is 9.53 Å². The third kappa shape index (κ3) is 4.60. The number of aryl methyl sites for hydroxylation is 1. The van der Waals surface area contributed by atoms with Crippen molar-refractivity contribution >= 4 is 29.3 Å². The van der Waals surface area contributed by atoms with E-state index in [4.69, 9.17) is 16.3 Å². The van der Waals surface area contributed by atoms with E-state index in [2.05, 4.69) is 5.32 Å². The molecule has 1 N–H and O–H groups in total. The molecule has 0 radical (unpaired) electrons. The summed E-state index contributed by atoms with van der Waals surface area (Å²) in [6, 6.07) is 14.3. The minimum atomic E-state index is -0.475. The van der Waals surface area contributed by atoms with Crippen LogP contribution in [0.25, 0.3) is 6.08 Å². The first kappa shape index (κ1) is 16.6. The Hall–Kier alpha value is -2.77. The van der Waals surface area contributed by atoms with Crippen LogP contribution in [0.4, 0.5) is 5.69 Å². The first-order valence-electron chi connectivity index (χ1n) is 6.86. The molecule has 0 aliphatic carbocycles. The third-order valence-corrected chi connectivity index (χ3v) is 3.30. The highest BCUT2D eigenvalue weighted by Gasteiger charge is 2.10. The lowest BCUT2D eigenvalue weighted by Gasteiger charge is -2.06. The van der Waals surface area contributed by atoms with E-state index in [1.54, 1.807) is 24.3 Å². The summed E-state index contributed by atoms with van der Waals surface area (Å²) in [6.07, 6.45) is 1.47. The Kier molecular flexibility index (Phi) is 5.40. The van der Waals surface area contributed by atoms with Gasteiger partial charge in [0.25, 0.3) is 5.91 Å². The summed E-state index contributed by atoms with van der Waals surface area (Å²) in [5.41, 5.74) is 2.26. The number of ether oxygens (including phenoxy) is 1. The molecule has 0 bridgehead atoms. The monoisotopic (exact) mass is 326 g/mol. The van der Waals surface area contributed by atoms with Gasteiger partial charge in [0.15, 0.2) is 0 Å². The smallest absolute Gasteiger partial charge is 0.266 e. The van der Waals surface area contributed by atoms with Crippen molar-refractivity contribution in [3.63, 3.8) is 0 Å². The van der Waals surface area contributed by atoms with Crippen LogP contribution in [-0.2, 0) is 4.79 Å². The zero-order valence-corrected chi connectivity index (χ0v) is 13.5. The summed E-state index contributed by atoms with van der Waals surface area (Å²) in [5, 5.41) is 12.4. The average molecular weight is 327 g/mol. The molecule has 0 saturated heterocycles. The van der Waals surface area contributed by atoms with Crippen LogP contribution in [0.1, 0.15) is 11.1 Å². The Balaban J connectivity index is 2.26. The summed E-state index contributed by atoms with van der Waals surface area (Å²) in [4.78, 5) is 12.2. The fourth-order valence-corrected chi connectivity index (χ4v) is 2.26. The van der Waals surface area contributed by atoms with E-state index in [9.17, 15) is 10.1 Å². The van der Waals surface area contributed by atoms with Gasteiger partial charge in [-0.3, -0.25) is 4.79 Å². The van der Waals surface area contributed by atoms with Crippen molar-refractivity contribution in [2.75, 3.05) is 12.4 Å². The summed E-state index contributed by atoms with van der Waals surface area (Å²) in [7, 11) is 1.52. The summed E-state index contributed by atoms with van der Waals surface area (Å²) in [5.74, 6) is 0.0807. The Morgan fingerprint density at radius 2 is 2.09 bits per heavy atom. The molecule has 0 fully saturated rings. The van der Waals surface area contributed by atoms with Crippen molar-refractivity contribution in [1.82, 2.24) is 0 Å². The normalized spacial score (nSPS) is 10.8. The predicted octanol–water partition coefficient (Wildman–Crippen LogP) is 4.20. The molecule has 116 valence electrons. The maximum atomic E-state index is 12.2. The maximum absolute atomic E-state index is 12.2. The highest BCUT2D eigenvalue weighted by atomic mass is 35.5. The van der Waals surface area contributed by atoms with E-state index in [0.717, 1.165) is 5.56 Å². The van der Waals surface area contributed by atoms with E-state index in [1.807, 2.05) is 31.2 Å². The molecule has 2 aromatic rings. The van der Waals surface area contributed by atoms with Gasteiger partial charge < -0.3 is 10.1 Å². The number of carbonyl (C=O) groups excluding carboxylic acids is 1. The number of nitrogens with zero attached hydrogens (tertiary/aromatic N) is 1. The van der Waals surface area contributed by atoms with Gasteiger partial charge in [-0.1, -0.05) is 23.7 Å². The van der Waals surface area contributed by atoms with Gasteiger partial charge in [0.2, 0.25) is 0 Å². The fraction of sp³-hybridized carbons (Fsp3) is 0.111. The van der Waals surface area contributed by atoms with Crippen molar-refractivity contribution in [2.45, 2.75) is 6.92 Å². The van der Waals surface area contributed by atoms with Crippen LogP contribution >= 0.6 is 11.6 Å². The minimum absolute atomic E-state index is 0.0178. The highest BCUT2D eigenvalue weighted by molar-refractivity contribution is 6.30.